The fraction of sp³-hybridized carbons (Fsp3) is 0. The Labute approximate surface area is 131 Å². The molecule has 0 atom stereocenters. The number of hydrogen-bond donors (Lipinski definition) is 2. The van der Waals surface area contributed by atoms with Crippen molar-refractivity contribution in [2.24, 2.45) is 5.73 Å². The number of benzene rings is 2. The summed E-state index contributed by atoms with van der Waals surface area (Å²) < 4.78 is 0. The maximum absolute atomic E-state index is 12.2. The Balaban J connectivity index is 2.29. The lowest BCUT2D eigenvalue weighted by molar-refractivity contribution is 0.102. The maximum atomic E-state index is 12.2. The van der Waals surface area contributed by atoms with E-state index in [1.54, 1.807) is 42.5 Å². The molecule has 0 heterocycles. The molecule has 0 saturated carbocycles. The van der Waals surface area contributed by atoms with Crippen molar-refractivity contribution in [2.45, 2.75) is 0 Å². The summed E-state index contributed by atoms with van der Waals surface area (Å²) in [7, 11) is 0. The van der Waals surface area contributed by atoms with Crippen LogP contribution in [0.3, 0.4) is 0 Å². The van der Waals surface area contributed by atoms with Gasteiger partial charge in [-0.3, -0.25) is 4.79 Å². The molecule has 2 aromatic carbocycles. The van der Waals surface area contributed by atoms with E-state index in [0.717, 1.165) is 0 Å². The van der Waals surface area contributed by atoms with Crippen molar-refractivity contribution in [1.82, 2.24) is 0 Å². The number of anilines is 1. The van der Waals surface area contributed by atoms with Crippen molar-refractivity contribution < 1.29 is 4.79 Å². The van der Waals surface area contributed by atoms with Gasteiger partial charge in [0.15, 0.2) is 0 Å². The van der Waals surface area contributed by atoms with E-state index in [0.29, 0.717) is 26.9 Å². The van der Waals surface area contributed by atoms with Crippen LogP contribution in [0.1, 0.15) is 15.9 Å². The smallest absolute Gasteiger partial charge is 0.255 e. The van der Waals surface area contributed by atoms with Gasteiger partial charge in [0, 0.05) is 11.1 Å². The largest absolute Gasteiger partial charge is 0.389 e. The van der Waals surface area contributed by atoms with Crippen LogP contribution in [0.4, 0.5) is 5.69 Å². The van der Waals surface area contributed by atoms with Crippen molar-refractivity contribution in [3.8, 4) is 0 Å². The summed E-state index contributed by atoms with van der Waals surface area (Å²) in [6.45, 7) is 0. The number of carbonyl (C=O) groups is 1. The molecule has 0 bridgehead atoms. The van der Waals surface area contributed by atoms with Crippen LogP contribution in [-0.4, -0.2) is 10.9 Å². The minimum absolute atomic E-state index is 0.232. The van der Waals surface area contributed by atoms with E-state index >= 15 is 0 Å². The zero-order valence-corrected chi connectivity index (χ0v) is 12.5. The summed E-state index contributed by atoms with van der Waals surface area (Å²) in [4.78, 5) is 12.4. The molecule has 0 saturated heterocycles. The van der Waals surface area contributed by atoms with Gasteiger partial charge in [-0.2, -0.15) is 0 Å². The van der Waals surface area contributed by atoms with Gasteiger partial charge in [-0.05, 0) is 24.3 Å². The van der Waals surface area contributed by atoms with Crippen LogP contribution >= 0.6 is 35.4 Å². The summed E-state index contributed by atoms with van der Waals surface area (Å²) in [5.41, 5.74) is 6.96. The van der Waals surface area contributed by atoms with Gasteiger partial charge in [-0.25, -0.2) is 0 Å². The maximum Gasteiger partial charge on any atom is 0.255 e. The first-order chi connectivity index (χ1) is 9.49. The Hall–Kier alpha value is -1.62. The number of rotatable bonds is 3. The molecule has 0 aliphatic rings. The van der Waals surface area contributed by atoms with Crippen molar-refractivity contribution in [3.63, 3.8) is 0 Å². The van der Waals surface area contributed by atoms with Crippen LogP contribution in [0.5, 0.6) is 0 Å². The molecule has 0 aliphatic heterocycles. The summed E-state index contributed by atoms with van der Waals surface area (Å²) >= 11 is 16.9. The lowest BCUT2D eigenvalue weighted by Gasteiger charge is -2.09. The van der Waals surface area contributed by atoms with Crippen molar-refractivity contribution >= 4 is 52.0 Å². The van der Waals surface area contributed by atoms with Gasteiger partial charge in [0.2, 0.25) is 0 Å². The molecule has 0 fully saturated rings. The highest BCUT2D eigenvalue weighted by atomic mass is 35.5. The molecular weight excluding hydrogens is 315 g/mol. The molecule has 102 valence electrons. The lowest BCUT2D eigenvalue weighted by atomic mass is 10.1. The van der Waals surface area contributed by atoms with E-state index in [9.17, 15) is 4.79 Å². The first-order valence-electron chi connectivity index (χ1n) is 5.64. The van der Waals surface area contributed by atoms with Gasteiger partial charge in [0.25, 0.3) is 5.91 Å². The Morgan fingerprint density at radius 2 is 1.60 bits per heavy atom. The third-order valence-electron chi connectivity index (χ3n) is 2.61. The van der Waals surface area contributed by atoms with Crippen LogP contribution < -0.4 is 11.1 Å². The van der Waals surface area contributed by atoms with Crippen molar-refractivity contribution in [3.05, 3.63) is 63.6 Å². The van der Waals surface area contributed by atoms with Crippen LogP contribution in [0.15, 0.2) is 42.5 Å². The molecule has 0 aliphatic carbocycles. The quantitative estimate of drug-likeness (QED) is 0.842. The second kappa shape index (κ2) is 6.22. The number of hydrogen-bond acceptors (Lipinski definition) is 2. The third-order valence-corrected chi connectivity index (χ3v) is 3.48. The fourth-order valence-electron chi connectivity index (χ4n) is 1.62. The van der Waals surface area contributed by atoms with Gasteiger partial charge < -0.3 is 11.1 Å². The van der Waals surface area contributed by atoms with Crippen LogP contribution in [0.25, 0.3) is 0 Å². The SMILES string of the molecule is NC(=S)c1cccc(C(=O)Nc2c(Cl)cccc2Cl)c1. The first kappa shape index (κ1) is 14.8. The summed E-state index contributed by atoms with van der Waals surface area (Å²) in [5.74, 6) is -0.335. The molecule has 20 heavy (non-hydrogen) atoms. The molecule has 1 amide bonds. The number of thiocarbonyl (C=S) groups is 1. The topological polar surface area (TPSA) is 55.1 Å². The minimum atomic E-state index is -0.335. The van der Waals surface area contributed by atoms with Gasteiger partial charge in [0.05, 0.1) is 15.7 Å². The summed E-state index contributed by atoms with van der Waals surface area (Å²) in [6.07, 6.45) is 0. The van der Waals surface area contributed by atoms with E-state index in [1.165, 1.54) is 0 Å². The number of halogens is 2. The van der Waals surface area contributed by atoms with Crippen LogP contribution in [0, 0.1) is 0 Å². The number of amides is 1. The molecule has 0 unspecified atom stereocenters. The molecular formula is C14H10Cl2N2OS. The number of nitrogens with two attached hydrogens (primary N) is 1. The van der Waals surface area contributed by atoms with Crippen LogP contribution in [-0.2, 0) is 0 Å². The Morgan fingerprint density at radius 1 is 1.05 bits per heavy atom. The second-order valence-corrected chi connectivity index (χ2v) is 5.25. The molecule has 2 rings (SSSR count). The highest BCUT2D eigenvalue weighted by molar-refractivity contribution is 7.80. The van der Waals surface area contributed by atoms with Crippen molar-refractivity contribution in [1.29, 1.82) is 0 Å². The molecule has 0 radical (unpaired) electrons. The Morgan fingerprint density at radius 3 is 2.20 bits per heavy atom. The molecule has 3 N–H and O–H groups in total. The van der Waals surface area contributed by atoms with E-state index in [4.69, 9.17) is 41.2 Å². The Bertz CT molecular complexity index is 668. The summed E-state index contributed by atoms with van der Waals surface area (Å²) in [5, 5.41) is 3.42. The van der Waals surface area contributed by atoms with E-state index in [2.05, 4.69) is 5.32 Å². The molecule has 3 nitrogen and oxygen atoms in total. The number of carbonyl (C=O) groups excluding carboxylic acids is 1. The van der Waals surface area contributed by atoms with E-state index in [1.807, 2.05) is 0 Å². The Kier molecular flexibility index (Phi) is 4.60. The summed E-state index contributed by atoms with van der Waals surface area (Å²) in [6, 6.07) is 11.7. The molecule has 6 heteroatoms. The third kappa shape index (κ3) is 3.28. The standard InChI is InChI=1S/C14H10Cl2N2OS/c15-10-5-2-6-11(16)12(10)18-14(19)9-4-1-3-8(7-9)13(17)20/h1-7H,(H2,17,20)(H,18,19). The zero-order valence-electron chi connectivity index (χ0n) is 10.2. The van der Waals surface area contributed by atoms with E-state index < -0.39 is 0 Å². The number of nitrogens with one attached hydrogen (secondary N) is 1. The highest BCUT2D eigenvalue weighted by Crippen LogP contribution is 2.30. The minimum Gasteiger partial charge on any atom is -0.389 e. The van der Waals surface area contributed by atoms with Crippen LogP contribution in [0.2, 0.25) is 10.0 Å². The van der Waals surface area contributed by atoms with E-state index in [-0.39, 0.29) is 10.9 Å². The molecule has 2 aromatic rings. The second-order valence-electron chi connectivity index (χ2n) is 4.00. The molecule has 0 aromatic heterocycles. The predicted octanol–water partition coefficient (Wildman–Crippen LogP) is 3.88. The monoisotopic (exact) mass is 324 g/mol. The fourth-order valence-corrected chi connectivity index (χ4v) is 2.24. The van der Waals surface area contributed by atoms with Gasteiger partial charge in [-0.15, -0.1) is 0 Å². The van der Waals surface area contributed by atoms with Gasteiger partial charge in [-0.1, -0.05) is 53.6 Å². The van der Waals surface area contributed by atoms with Crippen molar-refractivity contribution in [2.75, 3.05) is 5.32 Å². The lowest BCUT2D eigenvalue weighted by Crippen LogP contribution is -2.15. The first-order valence-corrected chi connectivity index (χ1v) is 6.80. The normalized spacial score (nSPS) is 10.1. The van der Waals surface area contributed by atoms with Gasteiger partial charge >= 0.3 is 0 Å². The zero-order chi connectivity index (χ0) is 14.7. The van der Waals surface area contributed by atoms with Gasteiger partial charge in [0.1, 0.15) is 4.99 Å². The predicted molar refractivity (Wildman–Crippen MR) is 86.7 cm³/mol. The average molecular weight is 325 g/mol. The average Bonchev–Trinajstić information content (AvgIpc) is 2.43. The number of para-hydroxylation sites is 1. The highest BCUT2D eigenvalue weighted by Gasteiger charge is 2.12. The molecule has 0 spiro atoms.